The summed E-state index contributed by atoms with van der Waals surface area (Å²) in [6, 6.07) is 6.40. The van der Waals surface area contributed by atoms with Gasteiger partial charge in [0.25, 0.3) is 0 Å². The van der Waals surface area contributed by atoms with Gasteiger partial charge in [-0.3, -0.25) is 0 Å². The number of hydrogen-bond donors (Lipinski definition) is 1. The minimum atomic E-state index is 0.0642. The summed E-state index contributed by atoms with van der Waals surface area (Å²) < 4.78 is 11.2. The van der Waals surface area contributed by atoms with Crippen LogP contribution in [-0.2, 0) is 11.2 Å². The van der Waals surface area contributed by atoms with Crippen LogP contribution in [0.3, 0.4) is 0 Å². The van der Waals surface area contributed by atoms with Crippen LogP contribution in [0.4, 0.5) is 10.5 Å². The minimum absolute atomic E-state index is 0.0642. The molecule has 4 aliphatic rings. The lowest BCUT2D eigenvalue weighted by Gasteiger charge is -2.64. The number of nitrogens with zero attached hydrogens (tertiary/aromatic N) is 1. The first-order valence-electron chi connectivity index (χ1n) is 9.67. The number of anilines is 1. The van der Waals surface area contributed by atoms with Gasteiger partial charge in [-0.1, -0.05) is 12.5 Å². The van der Waals surface area contributed by atoms with Gasteiger partial charge in [0, 0.05) is 48.9 Å². The minimum Gasteiger partial charge on any atom is -0.493 e. The second-order valence-corrected chi connectivity index (χ2v) is 8.05. The molecule has 3 fully saturated rings. The predicted octanol–water partition coefficient (Wildman–Crippen LogP) is 3.43. The van der Waals surface area contributed by atoms with E-state index in [1.165, 1.54) is 19.3 Å². The molecule has 134 valence electrons. The van der Waals surface area contributed by atoms with E-state index in [0.29, 0.717) is 24.0 Å². The molecular formula is C20H26N2O3. The van der Waals surface area contributed by atoms with Gasteiger partial charge in [0.2, 0.25) is 0 Å². The van der Waals surface area contributed by atoms with Crippen LogP contribution in [0.2, 0.25) is 0 Å². The Bertz CT molecular complexity index is 680. The second-order valence-electron chi connectivity index (χ2n) is 8.05. The molecule has 0 radical (unpaired) electrons. The molecule has 5 heteroatoms. The molecule has 1 aromatic rings. The Balaban J connectivity index is 1.34. The molecule has 3 heterocycles. The number of ether oxygens (including phenoxy) is 2. The Labute approximate surface area is 148 Å². The third kappa shape index (κ3) is 2.43. The number of benzene rings is 1. The van der Waals surface area contributed by atoms with Crippen LogP contribution in [0.15, 0.2) is 18.2 Å². The summed E-state index contributed by atoms with van der Waals surface area (Å²) in [4.78, 5) is 15.1. The molecule has 1 aliphatic carbocycles. The molecule has 0 bridgehead atoms. The molecule has 1 spiro atoms. The maximum Gasteiger partial charge on any atom is 0.322 e. The molecule has 5 rings (SSSR count). The van der Waals surface area contributed by atoms with Crippen LogP contribution in [-0.4, -0.2) is 43.3 Å². The van der Waals surface area contributed by atoms with E-state index >= 15 is 0 Å². The van der Waals surface area contributed by atoms with E-state index in [-0.39, 0.29) is 6.03 Å². The number of urea groups is 1. The van der Waals surface area contributed by atoms with E-state index in [0.717, 1.165) is 56.0 Å². The lowest BCUT2D eigenvalue weighted by molar-refractivity contribution is -0.135. The smallest absolute Gasteiger partial charge is 0.322 e. The standard InChI is InChI=1S/C20H26N2O3/c23-19(21-16-3-1-4-17-15(16)7-12-25-17)22-13-20(8-2-9-20)18(22)14-5-10-24-11-6-14/h1,3-4,14,18H,2,5-13H2,(H,21,23)/t18-/m1/s1. The molecule has 1 N–H and O–H groups in total. The number of hydrogen-bond acceptors (Lipinski definition) is 3. The fourth-order valence-electron chi connectivity index (χ4n) is 5.34. The lowest BCUT2D eigenvalue weighted by Crippen LogP contribution is -2.72. The van der Waals surface area contributed by atoms with Crippen molar-refractivity contribution in [2.24, 2.45) is 11.3 Å². The zero-order chi connectivity index (χ0) is 16.9. The molecule has 2 amide bonds. The van der Waals surface area contributed by atoms with Crippen molar-refractivity contribution in [3.05, 3.63) is 23.8 Å². The molecule has 0 unspecified atom stereocenters. The van der Waals surface area contributed by atoms with Crippen LogP contribution in [0.1, 0.15) is 37.7 Å². The van der Waals surface area contributed by atoms with Crippen molar-refractivity contribution in [1.82, 2.24) is 4.90 Å². The van der Waals surface area contributed by atoms with E-state index < -0.39 is 0 Å². The Morgan fingerprint density at radius 2 is 2.04 bits per heavy atom. The van der Waals surface area contributed by atoms with Gasteiger partial charge in [-0.25, -0.2) is 4.79 Å². The average Bonchev–Trinajstić information content (AvgIpc) is 3.03. The highest BCUT2D eigenvalue weighted by molar-refractivity contribution is 5.91. The van der Waals surface area contributed by atoms with E-state index in [2.05, 4.69) is 10.2 Å². The third-order valence-corrected chi connectivity index (χ3v) is 6.76. The normalized spacial score (nSPS) is 27.2. The number of fused-ring (bicyclic) bond motifs is 1. The zero-order valence-corrected chi connectivity index (χ0v) is 14.6. The molecule has 2 saturated heterocycles. The number of likely N-dealkylation sites (tertiary alicyclic amines) is 1. The molecule has 1 saturated carbocycles. The fourth-order valence-corrected chi connectivity index (χ4v) is 5.34. The maximum atomic E-state index is 13.0. The highest BCUT2D eigenvalue weighted by Crippen LogP contribution is 2.56. The van der Waals surface area contributed by atoms with Crippen molar-refractivity contribution in [1.29, 1.82) is 0 Å². The number of amides is 2. The van der Waals surface area contributed by atoms with Gasteiger partial charge in [0.05, 0.1) is 6.61 Å². The SMILES string of the molecule is O=C(Nc1cccc2c1CCO2)N1CC2(CCC2)[C@H]1C1CCOCC1. The zero-order valence-electron chi connectivity index (χ0n) is 14.6. The van der Waals surface area contributed by atoms with Crippen LogP contribution >= 0.6 is 0 Å². The van der Waals surface area contributed by atoms with Crippen molar-refractivity contribution >= 4 is 11.7 Å². The van der Waals surface area contributed by atoms with Crippen LogP contribution < -0.4 is 10.1 Å². The van der Waals surface area contributed by atoms with Gasteiger partial charge in [0.1, 0.15) is 5.75 Å². The first kappa shape index (κ1) is 15.5. The Morgan fingerprint density at radius 1 is 1.20 bits per heavy atom. The number of carbonyl (C=O) groups is 1. The molecule has 0 aromatic heterocycles. The van der Waals surface area contributed by atoms with Crippen LogP contribution in [0.25, 0.3) is 0 Å². The number of nitrogens with one attached hydrogen (secondary N) is 1. The topological polar surface area (TPSA) is 50.8 Å². The molecule has 1 aromatic carbocycles. The average molecular weight is 342 g/mol. The van der Waals surface area contributed by atoms with E-state index in [9.17, 15) is 4.79 Å². The van der Waals surface area contributed by atoms with Gasteiger partial charge >= 0.3 is 6.03 Å². The first-order valence-corrected chi connectivity index (χ1v) is 9.67. The summed E-state index contributed by atoms with van der Waals surface area (Å²) >= 11 is 0. The summed E-state index contributed by atoms with van der Waals surface area (Å²) in [7, 11) is 0. The van der Waals surface area contributed by atoms with Crippen LogP contribution in [0.5, 0.6) is 5.75 Å². The van der Waals surface area contributed by atoms with Crippen molar-refractivity contribution in [2.75, 3.05) is 31.7 Å². The summed E-state index contributed by atoms with van der Waals surface area (Å²) in [5.74, 6) is 1.51. The van der Waals surface area contributed by atoms with Crippen LogP contribution in [0, 0.1) is 11.3 Å². The van der Waals surface area contributed by atoms with Gasteiger partial charge in [0.15, 0.2) is 0 Å². The summed E-state index contributed by atoms with van der Waals surface area (Å²) in [6.07, 6.45) is 6.94. The quantitative estimate of drug-likeness (QED) is 0.896. The molecule has 25 heavy (non-hydrogen) atoms. The third-order valence-electron chi connectivity index (χ3n) is 6.76. The molecular weight excluding hydrogens is 316 g/mol. The predicted molar refractivity (Wildman–Crippen MR) is 95.0 cm³/mol. The van der Waals surface area contributed by atoms with E-state index in [1.807, 2.05) is 18.2 Å². The Morgan fingerprint density at radius 3 is 2.80 bits per heavy atom. The summed E-state index contributed by atoms with van der Waals surface area (Å²) in [6.45, 7) is 3.32. The molecule has 5 nitrogen and oxygen atoms in total. The second kappa shape index (κ2) is 5.90. The van der Waals surface area contributed by atoms with E-state index in [1.54, 1.807) is 0 Å². The van der Waals surface area contributed by atoms with E-state index in [4.69, 9.17) is 9.47 Å². The van der Waals surface area contributed by atoms with Crippen molar-refractivity contribution < 1.29 is 14.3 Å². The van der Waals surface area contributed by atoms with Gasteiger partial charge in [-0.2, -0.15) is 0 Å². The monoisotopic (exact) mass is 342 g/mol. The van der Waals surface area contributed by atoms with Gasteiger partial charge in [-0.15, -0.1) is 0 Å². The Kier molecular flexibility index (Phi) is 3.66. The first-order chi connectivity index (χ1) is 12.3. The van der Waals surface area contributed by atoms with Crippen molar-refractivity contribution in [2.45, 2.75) is 44.6 Å². The highest BCUT2D eigenvalue weighted by Gasteiger charge is 2.59. The lowest BCUT2D eigenvalue weighted by atomic mass is 9.54. The van der Waals surface area contributed by atoms with Crippen molar-refractivity contribution in [3.63, 3.8) is 0 Å². The Hall–Kier alpha value is -1.75. The largest absolute Gasteiger partial charge is 0.493 e. The summed E-state index contributed by atoms with van der Waals surface area (Å²) in [5, 5.41) is 3.17. The molecule has 3 aliphatic heterocycles. The van der Waals surface area contributed by atoms with Gasteiger partial charge < -0.3 is 19.7 Å². The summed E-state index contributed by atoms with van der Waals surface area (Å²) in [5.41, 5.74) is 2.46. The molecule has 1 atom stereocenters. The van der Waals surface area contributed by atoms with Crippen molar-refractivity contribution in [3.8, 4) is 5.75 Å². The fraction of sp³-hybridized carbons (Fsp3) is 0.650. The maximum absolute atomic E-state index is 13.0. The number of carbonyl (C=O) groups excluding carboxylic acids is 1. The number of rotatable bonds is 2. The van der Waals surface area contributed by atoms with Gasteiger partial charge in [-0.05, 0) is 43.7 Å². The highest BCUT2D eigenvalue weighted by atomic mass is 16.5.